The summed E-state index contributed by atoms with van der Waals surface area (Å²) in [5.74, 6) is -0.300. The van der Waals surface area contributed by atoms with Crippen LogP contribution in [0.5, 0.6) is 5.75 Å². The Morgan fingerprint density at radius 3 is 2.21 bits per heavy atom. The standard InChI is InChI=1S/C21H26FNO4S/c1-15(2)13-23(21(24)16(3)4)14-17-7-5-6-8-20(17)27-28(25,26)19-11-9-18(22)10-12-19/h5-12,15-16H,13-14H2,1-4H3. The van der Waals surface area contributed by atoms with Crippen LogP contribution in [-0.4, -0.2) is 25.8 Å². The molecule has 2 rings (SSSR count). The first kappa shape index (κ1) is 21.9. The lowest BCUT2D eigenvalue weighted by molar-refractivity contribution is -0.135. The summed E-state index contributed by atoms with van der Waals surface area (Å²) >= 11 is 0. The highest BCUT2D eigenvalue weighted by Crippen LogP contribution is 2.25. The van der Waals surface area contributed by atoms with Crippen LogP contribution in [0.15, 0.2) is 53.4 Å². The van der Waals surface area contributed by atoms with Crippen molar-refractivity contribution >= 4 is 16.0 Å². The second-order valence-corrected chi connectivity index (χ2v) is 8.91. The van der Waals surface area contributed by atoms with Gasteiger partial charge < -0.3 is 9.08 Å². The van der Waals surface area contributed by atoms with E-state index in [0.29, 0.717) is 12.1 Å². The van der Waals surface area contributed by atoms with E-state index in [1.165, 1.54) is 0 Å². The number of para-hydroxylation sites is 1. The first-order valence-corrected chi connectivity index (χ1v) is 10.6. The number of hydrogen-bond donors (Lipinski definition) is 0. The topological polar surface area (TPSA) is 63.7 Å². The van der Waals surface area contributed by atoms with E-state index in [9.17, 15) is 17.6 Å². The molecule has 0 N–H and O–H groups in total. The smallest absolute Gasteiger partial charge is 0.339 e. The van der Waals surface area contributed by atoms with E-state index in [0.717, 1.165) is 24.3 Å². The van der Waals surface area contributed by atoms with Gasteiger partial charge in [0, 0.05) is 24.6 Å². The van der Waals surface area contributed by atoms with Gasteiger partial charge in [0.1, 0.15) is 16.5 Å². The Hall–Kier alpha value is -2.41. The zero-order valence-corrected chi connectivity index (χ0v) is 17.4. The van der Waals surface area contributed by atoms with Crippen molar-refractivity contribution in [3.63, 3.8) is 0 Å². The minimum atomic E-state index is -4.12. The summed E-state index contributed by atoms with van der Waals surface area (Å²) in [5.41, 5.74) is 0.586. The van der Waals surface area contributed by atoms with Crippen molar-refractivity contribution in [2.24, 2.45) is 11.8 Å². The summed E-state index contributed by atoms with van der Waals surface area (Å²) in [6, 6.07) is 11.1. The van der Waals surface area contributed by atoms with E-state index >= 15 is 0 Å². The van der Waals surface area contributed by atoms with Gasteiger partial charge in [0.2, 0.25) is 5.91 Å². The van der Waals surface area contributed by atoms with Gasteiger partial charge in [-0.25, -0.2) is 4.39 Å². The zero-order valence-electron chi connectivity index (χ0n) is 16.6. The molecular formula is C21H26FNO4S. The average Bonchev–Trinajstić information content (AvgIpc) is 2.61. The molecule has 0 saturated heterocycles. The van der Waals surface area contributed by atoms with Crippen molar-refractivity contribution in [1.82, 2.24) is 4.90 Å². The van der Waals surface area contributed by atoms with E-state index in [1.54, 1.807) is 29.2 Å². The lowest BCUT2D eigenvalue weighted by Gasteiger charge is -2.27. The molecule has 0 fully saturated rings. The zero-order chi connectivity index (χ0) is 20.9. The van der Waals surface area contributed by atoms with Crippen LogP contribution >= 0.6 is 0 Å². The number of carbonyl (C=O) groups excluding carboxylic acids is 1. The fourth-order valence-corrected chi connectivity index (χ4v) is 3.69. The van der Waals surface area contributed by atoms with E-state index in [1.807, 2.05) is 27.7 Å². The minimum Gasteiger partial charge on any atom is -0.379 e. The van der Waals surface area contributed by atoms with Crippen LogP contribution in [0.1, 0.15) is 33.3 Å². The van der Waals surface area contributed by atoms with Crippen molar-refractivity contribution < 1.29 is 21.8 Å². The Labute approximate surface area is 166 Å². The number of benzene rings is 2. The SMILES string of the molecule is CC(C)CN(Cc1ccccc1OS(=O)(=O)c1ccc(F)cc1)C(=O)C(C)C. The van der Waals surface area contributed by atoms with Crippen LogP contribution in [0.25, 0.3) is 0 Å². The Morgan fingerprint density at radius 2 is 1.64 bits per heavy atom. The average molecular weight is 408 g/mol. The van der Waals surface area contributed by atoms with Crippen LogP contribution in [0.3, 0.4) is 0 Å². The van der Waals surface area contributed by atoms with Gasteiger partial charge in [-0.05, 0) is 36.2 Å². The van der Waals surface area contributed by atoms with Gasteiger partial charge in [-0.1, -0.05) is 45.9 Å². The summed E-state index contributed by atoms with van der Waals surface area (Å²) in [6.07, 6.45) is 0. The molecule has 0 aliphatic carbocycles. The maximum absolute atomic E-state index is 13.1. The molecule has 7 heteroatoms. The van der Waals surface area contributed by atoms with Crippen LogP contribution in [0.2, 0.25) is 0 Å². The monoisotopic (exact) mass is 407 g/mol. The Balaban J connectivity index is 2.30. The number of hydrogen-bond acceptors (Lipinski definition) is 4. The summed E-state index contributed by atoms with van der Waals surface area (Å²) < 4.78 is 43.5. The van der Waals surface area contributed by atoms with E-state index < -0.39 is 15.9 Å². The molecule has 0 saturated carbocycles. The summed E-state index contributed by atoms with van der Waals surface area (Å²) in [6.45, 7) is 8.48. The van der Waals surface area contributed by atoms with Gasteiger partial charge in [0.05, 0.1) is 0 Å². The Kier molecular flexibility index (Phi) is 7.18. The highest BCUT2D eigenvalue weighted by atomic mass is 32.2. The molecule has 28 heavy (non-hydrogen) atoms. The normalized spacial score (nSPS) is 11.7. The molecular weight excluding hydrogens is 381 g/mol. The fourth-order valence-electron chi connectivity index (χ4n) is 2.73. The molecule has 2 aromatic rings. The minimum absolute atomic E-state index is 0.00936. The van der Waals surface area contributed by atoms with Gasteiger partial charge in [-0.2, -0.15) is 8.42 Å². The van der Waals surface area contributed by atoms with Crippen LogP contribution in [0.4, 0.5) is 4.39 Å². The second kappa shape index (κ2) is 9.19. The number of rotatable bonds is 8. The lowest BCUT2D eigenvalue weighted by atomic mass is 10.1. The van der Waals surface area contributed by atoms with Crippen molar-refractivity contribution in [1.29, 1.82) is 0 Å². The highest BCUT2D eigenvalue weighted by molar-refractivity contribution is 7.87. The van der Waals surface area contributed by atoms with Gasteiger partial charge in [0.15, 0.2) is 0 Å². The molecule has 2 aromatic carbocycles. The molecule has 152 valence electrons. The van der Waals surface area contributed by atoms with Crippen molar-refractivity contribution in [2.75, 3.05) is 6.54 Å². The third kappa shape index (κ3) is 5.79. The molecule has 0 atom stereocenters. The molecule has 0 radical (unpaired) electrons. The van der Waals surface area contributed by atoms with Crippen molar-refractivity contribution in [3.05, 3.63) is 59.9 Å². The van der Waals surface area contributed by atoms with Gasteiger partial charge in [0.25, 0.3) is 0 Å². The van der Waals surface area contributed by atoms with Gasteiger partial charge in [-0.15, -0.1) is 0 Å². The number of nitrogens with zero attached hydrogens (tertiary/aromatic N) is 1. The fraction of sp³-hybridized carbons (Fsp3) is 0.381. The van der Waals surface area contributed by atoms with E-state index in [2.05, 4.69) is 0 Å². The predicted octanol–water partition coefficient (Wildman–Crippen LogP) is 4.23. The first-order chi connectivity index (χ1) is 13.1. The summed E-state index contributed by atoms with van der Waals surface area (Å²) in [7, 11) is -4.12. The highest BCUT2D eigenvalue weighted by Gasteiger charge is 2.22. The largest absolute Gasteiger partial charge is 0.379 e. The van der Waals surface area contributed by atoms with Gasteiger partial charge in [-0.3, -0.25) is 4.79 Å². The lowest BCUT2D eigenvalue weighted by Crippen LogP contribution is -2.36. The molecule has 5 nitrogen and oxygen atoms in total. The third-order valence-electron chi connectivity index (χ3n) is 4.03. The molecule has 0 heterocycles. The summed E-state index contributed by atoms with van der Waals surface area (Å²) in [4.78, 5) is 14.1. The maximum Gasteiger partial charge on any atom is 0.339 e. The molecule has 0 aliphatic rings. The van der Waals surface area contributed by atoms with E-state index in [4.69, 9.17) is 4.18 Å². The second-order valence-electron chi connectivity index (χ2n) is 7.37. The number of carbonyl (C=O) groups is 1. The first-order valence-electron chi connectivity index (χ1n) is 9.17. The number of amides is 1. The predicted molar refractivity (Wildman–Crippen MR) is 106 cm³/mol. The third-order valence-corrected chi connectivity index (χ3v) is 5.28. The maximum atomic E-state index is 13.1. The Morgan fingerprint density at radius 1 is 1.04 bits per heavy atom. The van der Waals surface area contributed by atoms with Crippen LogP contribution < -0.4 is 4.18 Å². The van der Waals surface area contributed by atoms with E-state index in [-0.39, 0.29) is 34.9 Å². The van der Waals surface area contributed by atoms with Gasteiger partial charge >= 0.3 is 10.1 Å². The van der Waals surface area contributed by atoms with Crippen LogP contribution in [0, 0.1) is 17.7 Å². The number of halogens is 1. The van der Waals surface area contributed by atoms with Crippen LogP contribution in [-0.2, 0) is 21.5 Å². The van der Waals surface area contributed by atoms with Crippen molar-refractivity contribution in [3.8, 4) is 5.75 Å². The quantitative estimate of drug-likeness (QED) is 0.614. The Bertz CT molecular complexity index is 908. The molecule has 0 aliphatic heterocycles. The van der Waals surface area contributed by atoms with Crippen molar-refractivity contribution in [2.45, 2.75) is 39.1 Å². The summed E-state index contributed by atoms with van der Waals surface area (Å²) in [5, 5.41) is 0. The molecule has 1 amide bonds. The molecule has 0 bridgehead atoms. The molecule has 0 spiro atoms. The molecule has 0 unspecified atom stereocenters. The molecule has 0 aromatic heterocycles.